The van der Waals surface area contributed by atoms with Crippen LogP contribution < -0.4 is 0 Å². The molecule has 0 spiro atoms. The molecule has 1 fully saturated rings. The van der Waals surface area contributed by atoms with Crippen molar-refractivity contribution in [2.75, 3.05) is 13.1 Å². The van der Waals surface area contributed by atoms with Crippen molar-refractivity contribution in [1.29, 1.82) is 0 Å². The summed E-state index contributed by atoms with van der Waals surface area (Å²) in [5.41, 5.74) is 0.827. The molecular formula is C16H19N3O4. The van der Waals surface area contributed by atoms with Gasteiger partial charge in [-0.15, -0.1) is 0 Å². The predicted molar refractivity (Wildman–Crippen MR) is 81.4 cm³/mol. The first-order chi connectivity index (χ1) is 11.1. The Morgan fingerprint density at radius 2 is 2.13 bits per heavy atom. The van der Waals surface area contributed by atoms with Crippen LogP contribution in [0.25, 0.3) is 0 Å². The summed E-state index contributed by atoms with van der Waals surface area (Å²) in [7, 11) is 0. The number of hydrogen-bond donors (Lipinski definition) is 1. The molecule has 0 radical (unpaired) electrons. The Labute approximate surface area is 133 Å². The zero-order valence-electron chi connectivity index (χ0n) is 12.9. The Morgan fingerprint density at radius 3 is 2.74 bits per heavy atom. The Kier molecular flexibility index (Phi) is 4.18. The van der Waals surface area contributed by atoms with Crippen LogP contribution >= 0.6 is 0 Å². The first-order valence-electron chi connectivity index (χ1n) is 7.73. The number of rotatable bonds is 4. The fraction of sp³-hybridized carbons (Fsp3) is 0.438. The minimum atomic E-state index is -0.976. The first-order valence-corrected chi connectivity index (χ1v) is 7.73. The highest BCUT2D eigenvalue weighted by Crippen LogP contribution is 2.24. The van der Waals surface area contributed by atoms with Gasteiger partial charge in [0.2, 0.25) is 0 Å². The van der Waals surface area contributed by atoms with Gasteiger partial charge in [-0.3, -0.25) is 9.48 Å². The van der Waals surface area contributed by atoms with E-state index in [4.69, 9.17) is 9.52 Å². The average Bonchev–Trinajstić information content (AvgIpc) is 3.23. The Morgan fingerprint density at radius 1 is 1.39 bits per heavy atom. The monoisotopic (exact) mass is 317 g/mol. The van der Waals surface area contributed by atoms with Crippen LogP contribution in [0.15, 0.2) is 29.1 Å². The van der Waals surface area contributed by atoms with E-state index in [1.54, 1.807) is 23.2 Å². The van der Waals surface area contributed by atoms with Crippen LogP contribution in [-0.4, -0.2) is 44.8 Å². The fourth-order valence-electron chi connectivity index (χ4n) is 2.96. The van der Waals surface area contributed by atoms with Crippen molar-refractivity contribution in [1.82, 2.24) is 14.7 Å². The summed E-state index contributed by atoms with van der Waals surface area (Å²) in [6.45, 7) is 3.21. The van der Waals surface area contributed by atoms with Gasteiger partial charge in [0.1, 0.15) is 5.76 Å². The topological polar surface area (TPSA) is 88.6 Å². The number of furan rings is 1. The molecule has 1 aliphatic heterocycles. The summed E-state index contributed by atoms with van der Waals surface area (Å²) >= 11 is 0. The lowest BCUT2D eigenvalue weighted by Crippen LogP contribution is -2.39. The quantitative estimate of drug-likeness (QED) is 0.934. The van der Waals surface area contributed by atoms with Crippen molar-refractivity contribution in [3.8, 4) is 0 Å². The highest BCUT2D eigenvalue weighted by molar-refractivity contribution is 5.95. The van der Waals surface area contributed by atoms with E-state index in [2.05, 4.69) is 5.10 Å². The van der Waals surface area contributed by atoms with E-state index < -0.39 is 5.97 Å². The van der Waals surface area contributed by atoms with Crippen LogP contribution in [0.1, 0.15) is 52.3 Å². The van der Waals surface area contributed by atoms with Crippen molar-refractivity contribution in [2.45, 2.75) is 32.2 Å². The number of likely N-dealkylation sites (tertiary alicyclic amines) is 1. The predicted octanol–water partition coefficient (Wildman–Crippen LogP) is 2.21. The Balaban J connectivity index is 1.64. The molecule has 0 atom stereocenters. The highest BCUT2D eigenvalue weighted by Gasteiger charge is 2.27. The van der Waals surface area contributed by atoms with Gasteiger partial charge in [0.15, 0.2) is 0 Å². The number of carbonyl (C=O) groups excluding carboxylic acids is 1. The Bertz CT molecular complexity index is 710. The van der Waals surface area contributed by atoms with Gasteiger partial charge in [0.05, 0.1) is 29.6 Å². The van der Waals surface area contributed by atoms with Gasteiger partial charge in [-0.05, 0) is 18.9 Å². The van der Waals surface area contributed by atoms with E-state index in [-0.39, 0.29) is 17.5 Å². The average molecular weight is 317 g/mol. The molecular weight excluding hydrogens is 298 g/mol. The van der Waals surface area contributed by atoms with Crippen LogP contribution in [0.3, 0.4) is 0 Å². The van der Waals surface area contributed by atoms with E-state index >= 15 is 0 Å². The van der Waals surface area contributed by atoms with Gasteiger partial charge in [-0.25, -0.2) is 4.79 Å². The number of hydrogen-bond acceptors (Lipinski definition) is 4. The molecule has 7 heteroatoms. The third kappa shape index (κ3) is 2.99. The van der Waals surface area contributed by atoms with Crippen molar-refractivity contribution >= 4 is 11.9 Å². The smallest absolute Gasteiger partial charge is 0.338 e. The molecule has 3 rings (SSSR count). The SMILES string of the molecule is CCc1occc1C(=O)N1CCC(n2cc(C(=O)O)cn2)CC1. The van der Waals surface area contributed by atoms with Gasteiger partial charge in [-0.1, -0.05) is 6.92 Å². The van der Waals surface area contributed by atoms with Gasteiger partial charge in [0.25, 0.3) is 5.91 Å². The van der Waals surface area contributed by atoms with E-state index in [1.165, 1.54) is 6.20 Å². The lowest BCUT2D eigenvalue weighted by molar-refractivity contribution is 0.0686. The Hall–Kier alpha value is -2.57. The lowest BCUT2D eigenvalue weighted by atomic mass is 10.0. The molecule has 0 saturated carbocycles. The largest absolute Gasteiger partial charge is 0.478 e. The van der Waals surface area contributed by atoms with Crippen LogP contribution in [0.2, 0.25) is 0 Å². The summed E-state index contributed by atoms with van der Waals surface area (Å²) in [6.07, 6.45) is 6.66. The molecule has 23 heavy (non-hydrogen) atoms. The van der Waals surface area contributed by atoms with E-state index in [0.29, 0.717) is 25.1 Å². The lowest BCUT2D eigenvalue weighted by Gasteiger charge is -2.32. The molecule has 1 amide bonds. The molecule has 0 aliphatic carbocycles. The second-order valence-corrected chi connectivity index (χ2v) is 5.65. The van der Waals surface area contributed by atoms with E-state index in [9.17, 15) is 9.59 Å². The minimum absolute atomic E-state index is 0.000685. The molecule has 0 bridgehead atoms. The standard InChI is InChI=1S/C16H19N3O4/c1-2-14-13(5-8-23-14)15(20)18-6-3-12(4-7-18)19-10-11(9-17-19)16(21)22/h5,8-10,12H,2-4,6-7H2,1H3,(H,21,22). The summed E-state index contributed by atoms with van der Waals surface area (Å²) in [4.78, 5) is 25.3. The normalized spacial score (nSPS) is 15.8. The second-order valence-electron chi connectivity index (χ2n) is 5.65. The van der Waals surface area contributed by atoms with E-state index in [1.807, 2.05) is 11.8 Å². The van der Waals surface area contributed by atoms with Crippen LogP contribution in [-0.2, 0) is 6.42 Å². The number of aromatic nitrogens is 2. The first kappa shape index (κ1) is 15.3. The maximum atomic E-state index is 12.5. The number of amides is 1. The van der Waals surface area contributed by atoms with Crippen LogP contribution in [0.4, 0.5) is 0 Å². The molecule has 3 heterocycles. The molecule has 7 nitrogen and oxygen atoms in total. The molecule has 1 aliphatic rings. The van der Waals surface area contributed by atoms with E-state index in [0.717, 1.165) is 18.6 Å². The summed E-state index contributed by atoms with van der Waals surface area (Å²) in [5.74, 6) is -0.257. The zero-order valence-corrected chi connectivity index (χ0v) is 12.9. The van der Waals surface area contributed by atoms with Gasteiger partial charge in [-0.2, -0.15) is 5.10 Å². The van der Waals surface area contributed by atoms with Crippen LogP contribution in [0.5, 0.6) is 0 Å². The van der Waals surface area contributed by atoms with Gasteiger partial charge >= 0.3 is 5.97 Å². The number of aromatic carboxylic acids is 1. The molecule has 1 saturated heterocycles. The number of carbonyl (C=O) groups is 2. The number of aryl methyl sites for hydroxylation is 1. The zero-order chi connectivity index (χ0) is 16.4. The summed E-state index contributed by atoms with van der Waals surface area (Å²) in [5, 5.41) is 13.1. The number of carboxylic acid groups (broad SMARTS) is 1. The minimum Gasteiger partial charge on any atom is -0.478 e. The molecule has 2 aromatic heterocycles. The summed E-state index contributed by atoms with van der Waals surface area (Å²) < 4.78 is 7.02. The van der Waals surface area contributed by atoms with Crippen molar-refractivity contribution in [3.05, 3.63) is 41.6 Å². The third-order valence-corrected chi connectivity index (χ3v) is 4.27. The van der Waals surface area contributed by atoms with Crippen LogP contribution in [0, 0.1) is 0 Å². The molecule has 0 aromatic carbocycles. The highest BCUT2D eigenvalue weighted by atomic mass is 16.4. The van der Waals surface area contributed by atoms with Crippen molar-refractivity contribution < 1.29 is 19.1 Å². The van der Waals surface area contributed by atoms with Gasteiger partial charge in [0, 0.05) is 25.7 Å². The molecule has 1 N–H and O–H groups in total. The van der Waals surface area contributed by atoms with Gasteiger partial charge < -0.3 is 14.4 Å². The third-order valence-electron chi connectivity index (χ3n) is 4.27. The fourth-order valence-corrected chi connectivity index (χ4v) is 2.96. The van der Waals surface area contributed by atoms with Crippen molar-refractivity contribution in [3.63, 3.8) is 0 Å². The molecule has 122 valence electrons. The number of nitrogens with zero attached hydrogens (tertiary/aromatic N) is 3. The summed E-state index contributed by atoms with van der Waals surface area (Å²) in [6, 6.07) is 1.85. The molecule has 0 unspecified atom stereocenters. The number of piperidine rings is 1. The molecule has 2 aromatic rings. The maximum Gasteiger partial charge on any atom is 0.338 e. The maximum absolute atomic E-state index is 12.5. The van der Waals surface area contributed by atoms with Crippen molar-refractivity contribution in [2.24, 2.45) is 0 Å². The number of carboxylic acids is 1. The second kappa shape index (κ2) is 6.28.